The summed E-state index contributed by atoms with van der Waals surface area (Å²) in [5, 5.41) is 2.91. The van der Waals surface area contributed by atoms with Gasteiger partial charge < -0.3 is 11.1 Å². The standard InChI is InChI=1S/C5H11FN2/c6-4-3-8-2-1-5(4)7/h4-5,8H,1-3,7H2/t4-,5-/m1/s1. The van der Waals surface area contributed by atoms with Crippen molar-refractivity contribution >= 4 is 0 Å². The van der Waals surface area contributed by atoms with E-state index >= 15 is 0 Å². The van der Waals surface area contributed by atoms with E-state index in [1.54, 1.807) is 0 Å². The molecule has 3 heteroatoms. The molecule has 0 radical (unpaired) electrons. The van der Waals surface area contributed by atoms with Crippen molar-refractivity contribution in [2.24, 2.45) is 5.73 Å². The molecule has 48 valence electrons. The maximum absolute atomic E-state index is 12.4. The van der Waals surface area contributed by atoms with E-state index in [4.69, 9.17) is 5.73 Å². The third-order valence-corrected chi connectivity index (χ3v) is 1.46. The molecule has 1 saturated heterocycles. The van der Waals surface area contributed by atoms with E-state index in [2.05, 4.69) is 5.32 Å². The van der Waals surface area contributed by atoms with Crippen molar-refractivity contribution < 1.29 is 4.39 Å². The Morgan fingerprint density at radius 2 is 2.38 bits per heavy atom. The minimum Gasteiger partial charge on any atom is -0.325 e. The van der Waals surface area contributed by atoms with Gasteiger partial charge in [0.15, 0.2) is 0 Å². The van der Waals surface area contributed by atoms with Crippen LogP contribution in [0.3, 0.4) is 0 Å². The smallest absolute Gasteiger partial charge is 0.128 e. The zero-order valence-electron chi connectivity index (χ0n) is 4.73. The molecular formula is C5H11FN2. The van der Waals surface area contributed by atoms with Gasteiger partial charge in [0.1, 0.15) is 6.17 Å². The maximum atomic E-state index is 12.4. The minimum absolute atomic E-state index is 0.226. The van der Waals surface area contributed by atoms with Gasteiger partial charge in [-0.2, -0.15) is 0 Å². The summed E-state index contributed by atoms with van der Waals surface area (Å²) in [6, 6.07) is -0.226. The molecule has 1 aliphatic heterocycles. The summed E-state index contributed by atoms with van der Waals surface area (Å²) in [6.45, 7) is 1.29. The van der Waals surface area contributed by atoms with Crippen LogP contribution in [0.4, 0.5) is 4.39 Å². The van der Waals surface area contributed by atoms with Gasteiger partial charge in [-0.25, -0.2) is 4.39 Å². The molecule has 0 aromatic heterocycles. The van der Waals surface area contributed by atoms with E-state index in [1.807, 2.05) is 0 Å². The molecule has 3 N–H and O–H groups in total. The Balaban J connectivity index is 2.28. The first-order valence-corrected chi connectivity index (χ1v) is 2.91. The summed E-state index contributed by atoms with van der Waals surface area (Å²) in [5.74, 6) is 0. The number of hydrogen-bond donors (Lipinski definition) is 2. The fourth-order valence-electron chi connectivity index (χ4n) is 0.841. The third kappa shape index (κ3) is 1.17. The van der Waals surface area contributed by atoms with E-state index < -0.39 is 6.17 Å². The van der Waals surface area contributed by atoms with Gasteiger partial charge in [-0.15, -0.1) is 0 Å². The number of hydrogen-bond acceptors (Lipinski definition) is 2. The van der Waals surface area contributed by atoms with Gasteiger partial charge in [-0.1, -0.05) is 0 Å². The molecule has 8 heavy (non-hydrogen) atoms. The molecule has 1 fully saturated rings. The van der Waals surface area contributed by atoms with Crippen LogP contribution >= 0.6 is 0 Å². The van der Waals surface area contributed by atoms with Crippen molar-refractivity contribution in [3.8, 4) is 0 Å². The van der Waals surface area contributed by atoms with Gasteiger partial charge in [0.2, 0.25) is 0 Å². The first kappa shape index (κ1) is 5.98. The lowest BCUT2D eigenvalue weighted by molar-refractivity contribution is 0.233. The second-order valence-corrected chi connectivity index (χ2v) is 2.17. The summed E-state index contributed by atoms with van der Waals surface area (Å²) in [6.07, 6.45) is -0.0648. The fourth-order valence-corrected chi connectivity index (χ4v) is 0.841. The predicted octanol–water partition coefficient (Wildman–Crippen LogP) is -0.355. The molecule has 0 spiro atoms. The van der Waals surface area contributed by atoms with Crippen molar-refractivity contribution in [1.29, 1.82) is 0 Å². The highest BCUT2D eigenvalue weighted by Gasteiger charge is 2.19. The highest BCUT2D eigenvalue weighted by molar-refractivity contribution is 4.79. The van der Waals surface area contributed by atoms with Crippen LogP contribution in [0.25, 0.3) is 0 Å². The molecule has 2 atom stereocenters. The second-order valence-electron chi connectivity index (χ2n) is 2.17. The van der Waals surface area contributed by atoms with E-state index in [0.29, 0.717) is 6.54 Å². The van der Waals surface area contributed by atoms with Crippen LogP contribution in [-0.4, -0.2) is 25.3 Å². The molecule has 1 aliphatic rings. The van der Waals surface area contributed by atoms with Gasteiger partial charge in [-0.3, -0.25) is 0 Å². The lowest BCUT2D eigenvalue weighted by Crippen LogP contribution is -2.46. The summed E-state index contributed by atoms with van der Waals surface area (Å²) in [4.78, 5) is 0. The zero-order valence-corrected chi connectivity index (χ0v) is 4.73. The van der Waals surface area contributed by atoms with E-state index in [-0.39, 0.29) is 6.04 Å². The summed E-state index contributed by atoms with van der Waals surface area (Å²) in [5.41, 5.74) is 5.36. The van der Waals surface area contributed by atoms with Gasteiger partial charge in [0.05, 0.1) is 0 Å². The lowest BCUT2D eigenvalue weighted by atomic mass is 10.1. The molecule has 0 saturated carbocycles. The summed E-state index contributed by atoms with van der Waals surface area (Å²) < 4.78 is 12.4. The molecule has 0 aromatic carbocycles. The monoisotopic (exact) mass is 118 g/mol. The average Bonchev–Trinajstić information content (AvgIpc) is 1.77. The molecule has 0 bridgehead atoms. The van der Waals surface area contributed by atoms with Crippen LogP contribution in [0.2, 0.25) is 0 Å². The lowest BCUT2D eigenvalue weighted by Gasteiger charge is -2.22. The zero-order chi connectivity index (χ0) is 5.98. The van der Waals surface area contributed by atoms with E-state index in [9.17, 15) is 4.39 Å². The topological polar surface area (TPSA) is 38.0 Å². The number of piperidine rings is 1. The Hall–Kier alpha value is -0.150. The van der Waals surface area contributed by atoms with E-state index in [0.717, 1.165) is 13.0 Å². The van der Waals surface area contributed by atoms with Crippen molar-refractivity contribution in [1.82, 2.24) is 5.32 Å². The van der Waals surface area contributed by atoms with Crippen LogP contribution in [0.5, 0.6) is 0 Å². The Kier molecular flexibility index (Phi) is 1.81. The largest absolute Gasteiger partial charge is 0.325 e. The highest BCUT2D eigenvalue weighted by Crippen LogP contribution is 2.03. The quantitative estimate of drug-likeness (QED) is 0.456. The van der Waals surface area contributed by atoms with Gasteiger partial charge in [0.25, 0.3) is 0 Å². The number of rotatable bonds is 0. The van der Waals surface area contributed by atoms with E-state index in [1.165, 1.54) is 0 Å². The maximum Gasteiger partial charge on any atom is 0.128 e. The molecule has 0 unspecified atom stereocenters. The number of halogens is 1. The third-order valence-electron chi connectivity index (χ3n) is 1.46. The van der Waals surface area contributed by atoms with Crippen molar-refractivity contribution in [3.63, 3.8) is 0 Å². The van der Waals surface area contributed by atoms with Gasteiger partial charge >= 0.3 is 0 Å². The normalized spacial score (nSPS) is 39.8. The first-order valence-electron chi connectivity index (χ1n) is 2.91. The second kappa shape index (κ2) is 2.42. The highest BCUT2D eigenvalue weighted by atomic mass is 19.1. The number of nitrogens with one attached hydrogen (secondary N) is 1. The summed E-state index contributed by atoms with van der Waals surface area (Å²) >= 11 is 0. The van der Waals surface area contributed by atoms with Crippen molar-refractivity contribution in [2.45, 2.75) is 18.6 Å². The van der Waals surface area contributed by atoms with Crippen LogP contribution in [0.15, 0.2) is 0 Å². The van der Waals surface area contributed by atoms with Crippen LogP contribution < -0.4 is 11.1 Å². The Morgan fingerprint density at radius 3 is 2.75 bits per heavy atom. The molecule has 1 heterocycles. The molecule has 0 aromatic rings. The first-order chi connectivity index (χ1) is 3.80. The number of nitrogens with two attached hydrogens (primary N) is 1. The number of alkyl halides is 1. The molecular weight excluding hydrogens is 107 g/mol. The Bertz CT molecular complexity index is 66.8. The Labute approximate surface area is 48.2 Å². The molecule has 0 aliphatic carbocycles. The molecule has 1 rings (SSSR count). The average molecular weight is 118 g/mol. The SMILES string of the molecule is N[C@@H]1CCNC[C@H]1F. The fraction of sp³-hybridized carbons (Fsp3) is 1.00. The van der Waals surface area contributed by atoms with Crippen LogP contribution in [0.1, 0.15) is 6.42 Å². The van der Waals surface area contributed by atoms with Gasteiger partial charge in [0, 0.05) is 12.6 Å². The van der Waals surface area contributed by atoms with Gasteiger partial charge in [-0.05, 0) is 13.0 Å². The molecule has 2 nitrogen and oxygen atoms in total. The summed E-state index contributed by atoms with van der Waals surface area (Å²) in [7, 11) is 0. The minimum atomic E-state index is -0.830. The molecule has 0 amide bonds. The van der Waals surface area contributed by atoms with Crippen molar-refractivity contribution in [2.75, 3.05) is 13.1 Å². The van der Waals surface area contributed by atoms with Crippen LogP contribution in [0, 0.1) is 0 Å². The Morgan fingerprint density at radius 1 is 1.62 bits per heavy atom. The van der Waals surface area contributed by atoms with Crippen LogP contribution in [-0.2, 0) is 0 Å². The van der Waals surface area contributed by atoms with Crippen molar-refractivity contribution in [3.05, 3.63) is 0 Å². The predicted molar refractivity (Wildman–Crippen MR) is 30.4 cm³/mol.